The fourth-order valence-corrected chi connectivity index (χ4v) is 5.24. The third kappa shape index (κ3) is 4.86. The standard InChI is InChI=1S/C22H26N4O5S/c1-30-20-10-8-18(32(28,29)26-13-4-2-3-5-14-26)15-19(20)24-22(27)21-9-7-17(31-21)16-25-12-6-11-23-25/h6-12,15H,2-5,13-14,16H2,1H3,(H,24,27). The molecule has 170 valence electrons. The molecule has 32 heavy (non-hydrogen) atoms. The lowest BCUT2D eigenvalue weighted by Gasteiger charge is -2.21. The van der Waals surface area contributed by atoms with Crippen LogP contribution in [0.25, 0.3) is 0 Å². The van der Waals surface area contributed by atoms with Gasteiger partial charge in [-0.1, -0.05) is 12.8 Å². The fourth-order valence-electron chi connectivity index (χ4n) is 3.70. The van der Waals surface area contributed by atoms with Crippen LogP contribution in [0.4, 0.5) is 5.69 Å². The average molecular weight is 459 g/mol. The second kappa shape index (κ2) is 9.58. The molecule has 0 bridgehead atoms. The number of carbonyl (C=O) groups is 1. The number of aromatic nitrogens is 2. The van der Waals surface area contributed by atoms with Crippen LogP contribution in [0, 0.1) is 0 Å². The number of ether oxygens (including phenoxy) is 1. The minimum atomic E-state index is -3.66. The molecule has 1 N–H and O–H groups in total. The molecule has 1 amide bonds. The monoisotopic (exact) mass is 458 g/mol. The van der Waals surface area contributed by atoms with E-state index in [0.29, 0.717) is 31.1 Å². The number of amides is 1. The summed E-state index contributed by atoms with van der Waals surface area (Å²) in [6.45, 7) is 1.40. The molecule has 1 fully saturated rings. The number of methoxy groups -OCH3 is 1. The Kier molecular flexibility index (Phi) is 6.61. The summed E-state index contributed by atoms with van der Waals surface area (Å²) >= 11 is 0. The number of carbonyl (C=O) groups excluding carboxylic acids is 1. The highest BCUT2D eigenvalue weighted by molar-refractivity contribution is 7.89. The molecular formula is C22H26N4O5S. The maximum absolute atomic E-state index is 13.1. The Morgan fingerprint density at radius 3 is 2.62 bits per heavy atom. The van der Waals surface area contributed by atoms with E-state index in [9.17, 15) is 13.2 Å². The summed E-state index contributed by atoms with van der Waals surface area (Å²) in [5.74, 6) is 0.536. The van der Waals surface area contributed by atoms with Crippen molar-refractivity contribution in [1.29, 1.82) is 0 Å². The quantitative estimate of drug-likeness (QED) is 0.582. The van der Waals surface area contributed by atoms with Crippen LogP contribution in [-0.2, 0) is 16.6 Å². The largest absolute Gasteiger partial charge is 0.495 e. The van der Waals surface area contributed by atoms with Gasteiger partial charge in [0.25, 0.3) is 5.91 Å². The van der Waals surface area contributed by atoms with Crippen molar-refractivity contribution in [3.8, 4) is 5.75 Å². The van der Waals surface area contributed by atoms with E-state index in [1.807, 2.05) is 0 Å². The predicted octanol–water partition coefficient (Wildman–Crippen LogP) is 3.35. The van der Waals surface area contributed by atoms with Crippen LogP contribution in [0.3, 0.4) is 0 Å². The lowest BCUT2D eigenvalue weighted by atomic mass is 10.2. The van der Waals surface area contributed by atoms with Gasteiger partial charge in [-0.15, -0.1) is 0 Å². The Balaban J connectivity index is 1.54. The minimum Gasteiger partial charge on any atom is -0.495 e. The molecule has 0 atom stereocenters. The SMILES string of the molecule is COc1ccc(S(=O)(=O)N2CCCCCC2)cc1NC(=O)c1ccc(Cn2cccn2)o1. The molecule has 0 unspecified atom stereocenters. The third-order valence-corrected chi connectivity index (χ3v) is 7.28. The number of nitrogens with one attached hydrogen (secondary N) is 1. The number of hydrogen-bond acceptors (Lipinski definition) is 6. The maximum atomic E-state index is 13.1. The van der Waals surface area contributed by atoms with E-state index in [0.717, 1.165) is 25.7 Å². The molecule has 0 spiro atoms. The number of rotatable bonds is 7. The Morgan fingerprint density at radius 2 is 1.94 bits per heavy atom. The molecule has 10 heteroatoms. The molecule has 1 aliphatic heterocycles. The lowest BCUT2D eigenvalue weighted by Crippen LogP contribution is -2.32. The molecule has 3 heterocycles. The first kappa shape index (κ1) is 22.1. The molecule has 1 aliphatic rings. The van der Waals surface area contributed by atoms with Gasteiger partial charge in [-0.05, 0) is 49.2 Å². The normalized spacial score (nSPS) is 15.3. The van der Waals surface area contributed by atoms with E-state index < -0.39 is 15.9 Å². The molecule has 0 radical (unpaired) electrons. The highest BCUT2D eigenvalue weighted by atomic mass is 32.2. The number of anilines is 1. The van der Waals surface area contributed by atoms with Gasteiger partial charge in [0.15, 0.2) is 5.76 Å². The zero-order valence-corrected chi connectivity index (χ0v) is 18.7. The fraction of sp³-hybridized carbons (Fsp3) is 0.364. The molecule has 2 aromatic heterocycles. The van der Waals surface area contributed by atoms with Crippen LogP contribution in [0.15, 0.2) is 58.1 Å². The van der Waals surface area contributed by atoms with E-state index in [2.05, 4.69) is 10.4 Å². The number of hydrogen-bond donors (Lipinski definition) is 1. The third-order valence-electron chi connectivity index (χ3n) is 5.38. The van der Waals surface area contributed by atoms with Gasteiger partial charge in [0.05, 0.1) is 24.2 Å². The summed E-state index contributed by atoms with van der Waals surface area (Å²) in [6.07, 6.45) is 7.21. The van der Waals surface area contributed by atoms with Crippen molar-refractivity contribution in [2.24, 2.45) is 0 Å². The number of furan rings is 1. The minimum absolute atomic E-state index is 0.106. The average Bonchev–Trinajstić information content (AvgIpc) is 3.39. The maximum Gasteiger partial charge on any atom is 0.291 e. The summed E-state index contributed by atoms with van der Waals surface area (Å²) in [5, 5.41) is 6.83. The van der Waals surface area contributed by atoms with Gasteiger partial charge in [-0.25, -0.2) is 8.42 Å². The first-order chi connectivity index (χ1) is 15.5. The second-order valence-electron chi connectivity index (χ2n) is 7.60. The van der Waals surface area contributed by atoms with E-state index in [1.165, 1.54) is 23.5 Å². The van der Waals surface area contributed by atoms with Crippen LogP contribution in [0.1, 0.15) is 42.0 Å². The molecule has 1 aromatic carbocycles. The van der Waals surface area contributed by atoms with Crippen molar-refractivity contribution in [2.75, 3.05) is 25.5 Å². The van der Waals surface area contributed by atoms with Gasteiger partial charge in [-0.2, -0.15) is 9.40 Å². The lowest BCUT2D eigenvalue weighted by molar-refractivity contribution is 0.0994. The van der Waals surface area contributed by atoms with Crippen LogP contribution in [0.5, 0.6) is 5.75 Å². The first-order valence-electron chi connectivity index (χ1n) is 10.5. The van der Waals surface area contributed by atoms with E-state index >= 15 is 0 Å². The summed E-state index contributed by atoms with van der Waals surface area (Å²) in [4.78, 5) is 12.9. The Hall–Kier alpha value is -3.11. The summed E-state index contributed by atoms with van der Waals surface area (Å²) in [6, 6.07) is 9.56. The Labute approximate surface area is 187 Å². The van der Waals surface area contributed by atoms with Gasteiger partial charge in [-0.3, -0.25) is 9.48 Å². The van der Waals surface area contributed by atoms with Gasteiger partial charge >= 0.3 is 0 Å². The zero-order valence-electron chi connectivity index (χ0n) is 17.9. The predicted molar refractivity (Wildman–Crippen MR) is 118 cm³/mol. The van der Waals surface area contributed by atoms with Crippen LogP contribution >= 0.6 is 0 Å². The molecule has 4 rings (SSSR count). The van der Waals surface area contributed by atoms with Gasteiger partial charge in [0.2, 0.25) is 10.0 Å². The molecule has 1 saturated heterocycles. The van der Waals surface area contributed by atoms with Crippen molar-refractivity contribution in [3.05, 3.63) is 60.3 Å². The van der Waals surface area contributed by atoms with Gasteiger partial charge in [0.1, 0.15) is 11.5 Å². The van der Waals surface area contributed by atoms with Crippen molar-refractivity contribution in [2.45, 2.75) is 37.1 Å². The first-order valence-corrected chi connectivity index (χ1v) is 12.0. The molecule has 9 nitrogen and oxygen atoms in total. The number of sulfonamides is 1. The molecular weight excluding hydrogens is 432 g/mol. The highest BCUT2D eigenvalue weighted by Gasteiger charge is 2.26. The van der Waals surface area contributed by atoms with Crippen molar-refractivity contribution < 1.29 is 22.4 Å². The van der Waals surface area contributed by atoms with Crippen molar-refractivity contribution in [3.63, 3.8) is 0 Å². The van der Waals surface area contributed by atoms with E-state index in [-0.39, 0.29) is 16.3 Å². The zero-order chi connectivity index (χ0) is 22.6. The number of nitrogens with zero attached hydrogens (tertiary/aromatic N) is 3. The van der Waals surface area contributed by atoms with Crippen molar-refractivity contribution >= 4 is 21.6 Å². The Morgan fingerprint density at radius 1 is 1.16 bits per heavy atom. The van der Waals surface area contributed by atoms with E-state index in [1.54, 1.807) is 41.3 Å². The van der Waals surface area contributed by atoms with Gasteiger partial charge < -0.3 is 14.5 Å². The summed E-state index contributed by atoms with van der Waals surface area (Å²) in [7, 11) is -2.20. The van der Waals surface area contributed by atoms with Crippen molar-refractivity contribution in [1.82, 2.24) is 14.1 Å². The molecule has 0 aliphatic carbocycles. The molecule has 3 aromatic rings. The summed E-state index contributed by atoms with van der Waals surface area (Å²) < 4.78 is 40.4. The summed E-state index contributed by atoms with van der Waals surface area (Å²) in [5.41, 5.74) is 0.262. The Bertz CT molecular complexity index is 1160. The van der Waals surface area contributed by atoms with Crippen LogP contribution in [0.2, 0.25) is 0 Å². The topological polar surface area (TPSA) is 107 Å². The van der Waals surface area contributed by atoms with Crippen LogP contribution in [-0.4, -0.2) is 48.6 Å². The highest BCUT2D eigenvalue weighted by Crippen LogP contribution is 2.30. The van der Waals surface area contributed by atoms with Crippen LogP contribution < -0.4 is 10.1 Å². The molecule has 0 saturated carbocycles. The number of benzene rings is 1. The van der Waals surface area contributed by atoms with Gasteiger partial charge in [0, 0.05) is 25.5 Å². The smallest absolute Gasteiger partial charge is 0.291 e. The van der Waals surface area contributed by atoms with E-state index in [4.69, 9.17) is 9.15 Å². The second-order valence-corrected chi connectivity index (χ2v) is 9.54.